The van der Waals surface area contributed by atoms with Crippen molar-refractivity contribution in [1.82, 2.24) is 0 Å². The number of hydrogen-bond donors (Lipinski definition) is 0. The van der Waals surface area contributed by atoms with E-state index in [-0.39, 0.29) is 17.5 Å². The van der Waals surface area contributed by atoms with Gasteiger partial charge < -0.3 is 4.90 Å². The largest absolute Gasteiger partial charge is 0.306 e. The molecule has 1 atom stereocenters. The predicted molar refractivity (Wildman–Crippen MR) is 72.1 cm³/mol. The van der Waals surface area contributed by atoms with E-state index in [2.05, 4.69) is 15.9 Å². The minimum absolute atomic E-state index is 0.00132. The molecule has 0 aliphatic carbocycles. The predicted octanol–water partition coefficient (Wildman–Crippen LogP) is 2.65. The Kier molecular flexibility index (Phi) is 3.65. The van der Waals surface area contributed by atoms with Crippen LogP contribution in [0.15, 0.2) is 18.2 Å². The van der Waals surface area contributed by atoms with Crippen LogP contribution < -0.4 is 4.90 Å². The molecule has 0 spiro atoms. The van der Waals surface area contributed by atoms with Crippen molar-refractivity contribution < 1.29 is 9.72 Å². The van der Waals surface area contributed by atoms with Crippen LogP contribution in [0, 0.1) is 23.0 Å². The first-order valence-electron chi connectivity index (χ1n) is 5.65. The first-order valence-corrected chi connectivity index (χ1v) is 6.77. The Balaban J connectivity index is 2.45. The number of anilines is 1. The van der Waals surface area contributed by atoms with Crippen LogP contribution in [-0.2, 0) is 4.79 Å². The molecule has 2 rings (SSSR count). The van der Waals surface area contributed by atoms with E-state index >= 15 is 0 Å². The van der Waals surface area contributed by atoms with Crippen LogP contribution in [-0.4, -0.2) is 22.7 Å². The Morgan fingerprint density at radius 2 is 2.28 bits per heavy atom. The van der Waals surface area contributed by atoms with Crippen molar-refractivity contribution in [2.45, 2.75) is 13.3 Å². The van der Waals surface area contributed by atoms with Crippen LogP contribution in [0.1, 0.15) is 12.0 Å². The number of alkyl halides is 1. The number of carbonyl (C=O) groups is 1. The molecule has 0 bridgehead atoms. The summed E-state index contributed by atoms with van der Waals surface area (Å²) >= 11 is 3.36. The monoisotopic (exact) mass is 312 g/mol. The summed E-state index contributed by atoms with van der Waals surface area (Å²) in [5.74, 6) is 0.175. The molecule has 1 heterocycles. The van der Waals surface area contributed by atoms with Crippen LogP contribution in [0.2, 0.25) is 0 Å². The molecule has 1 unspecified atom stereocenters. The molecule has 0 saturated carbocycles. The van der Waals surface area contributed by atoms with E-state index in [1.807, 2.05) is 0 Å². The van der Waals surface area contributed by atoms with Gasteiger partial charge in [0.05, 0.1) is 4.92 Å². The number of para-hydroxylation sites is 1. The maximum atomic E-state index is 12.0. The molecule has 96 valence electrons. The van der Waals surface area contributed by atoms with Gasteiger partial charge in [0, 0.05) is 24.4 Å². The molecule has 1 saturated heterocycles. The Labute approximate surface area is 113 Å². The standard InChI is InChI=1S/C12H13BrN2O3/c1-8-3-2-4-10(15(17)18)12(8)14-7-9(6-13)5-11(14)16/h2-4,9H,5-7H2,1H3. The van der Waals surface area contributed by atoms with Crippen molar-refractivity contribution in [1.29, 1.82) is 0 Å². The molecule has 1 amide bonds. The van der Waals surface area contributed by atoms with Crippen molar-refractivity contribution in [2.75, 3.05) is 16.8 Å². The number of nitro benzene ring substituents is 1. The van der Waals surface area contributed by atoms with Crippen molar-refractivity contribution in [3.05, 3.63) is 33.9 Å². The minimum Gasteiger partial charge on any atom is -0.306 e. The second-order valence-electron chi connectivity index (χ2n) is 4.43. The molecular formula is C12H13BrN2O3. The fourth-order valence-corrected chi connectivity index (χ4v) is 2.68. The Morgan fingerprint density at radius 1 is 1.56 bits per heavy atom. The summed E-state index contributed by atoms with van der Waals surface area (Å²) in [5, 5.41) is 11.8. The third kappa shape index (κ3) is 2.25. The summed E-state index contributed by atoms with van der Waals surface area (Å²) in [6.07, 6.45) is 0.441. The van der Waals surface area contributed by atoms with E-state index in [1.54, 1.807) is 24.0 Å². The summed E-state index contributed by atoms with van der Waals surface area (Å²) in [5.41, 5.74) is 1.20. The Morgan fingerprint density at radius 3 is 2.83 bits per heavy atom. The highest BCUT2D eigenvalue weighted by atomic mass is 79.9. The van der Waals surface area contributed by atoms with Gasteiger partial charge in [-0.05, 0) is 18.4 Å². The quantitative estimate of drug-likeness (QED) is 0.489. The minimum atomic E-state index is -0.433. The van der Waals surface area contributed by atoms with E-state index < -0.39 is 4.92 Å². The SMILES string of the molecule is Cc1cccc([N+](=O)[O-])c1N1CC(CBr)CC1=O. The Hall–Kier alpha value is -1.43. The third-order valence-corrected chi connectivity index (χ3v) is 4.02. The number of amides is 1. The number of hydrogen-bond acceptors (Lipinski definition) is 3. The molecule has 0 radical (unpaired) electrons. The number of carbonyl (C=O) groups excluding carboxylic acids is 1. The lowest BCUT2D eigenvalue weighted by atomic mass is 10.1. The molecule has 0 N–H and O–H groups in total. The third-order valence-electron chi connectivity index (χ3n) is 3.11. The van der Waals surface area contributed by atoms with Gasteiger partial charge in [-0.15, -0.1) is 0 Å². The van der Waals surface area contributed by atoms with Gasteiger partial charge in [0.15, 0.2) is 0 Å². The van der Waals surface area contributed by atoms with Crippen LogP contribution >= 0.6 is 15.9 Å². The Bertz CT molecular complexity index is 504. The zero-order valence-corrected chi connectivity index (χ0v) is 11.5. The zero-order valence-electron chi connectivity index (χ0n) is 9.93. The molecule has 18 heavy (non-hydrogen) atoms. The summed E-state index contributed by atoms with van der Waals surface area (Å²) in [6, 6.07) is 4.87. The summed E-state index contributed by atoms with van der Waals surface area (Å²) in [4.78, 5) is 24.1. The van der Waals surface area contributed by atoms with E-state index in [4.69, 9.17) is 0 Å². The molecule has 1 fully saturated rings. The molecule has 5 nitrogen and oxygen atoms in total. The lowest BCUT2D eigenvalue weighted by molar-refractivity contribution is -0.384. The fraction of sp³-hybridized carbons (Fsp3) is 0.417. The zero-order chi connectivity index (χ0) is 13.3. The van der Waals surface area contributed by atoms with E-state index in [0.29, 0.717) is 18.7 Å². The highest BCUT2D eigenvalue weighted by Crippen LogP contribution is 2.35. The molecule has 1 aliphatic rings. The van der Waals surface area contributed by atoms with Gasteiger partial charge in [0.25, 0.3) is 5.69 Å². The molecule has 1 aromatic carbocycles. The average molecular weight is 313 g/mol. The topological polar surface area (TPSA) is 63.5 Å². The number of benzene rings is 1. The summed E-state index contributed by atoms with van der Waals surface area (Å²) < 4.78 is 0. The highest BCUT2D eigenvalue weighted by Gasteiger charge is 2.34. The first-order chi connectivity index (χ1) is 8.54. The van der Waals surface area contributed by atoms with Crippen molar-refractivity contribution >= 4 is 33.2 Å². The molecule has 1 aliphatic heterocycles. The number of nitro groups is 1. The summed E-state index contributed by atoms with van der Waals surface area (Å²) in [7, 11) is 0. The fourth-order valence-electron chi connectivity index (χ4n) is 2.24. The second-order valence-corrected chi connectivity index (χ2v) is 5.08. The van der Waals surface area contributed by atoms with Crippen molar-refractivity contribution in [3.63, 3.8) is 0 Å². The highest BCUT2D eigenvalue weighted by molar-refractivity contribution is 9.09. The number of nitrogens with zero attached hydrogens (tertiary/aromatic N) is 2. The van der Waals surface area contributed by atoms with Gasteiger partial charge in [-0.25, -0.2) is 0 Å². The van der Waals surface area contributed by atoms with Gasteiger partial charge in [-0.1, -0.05) is 28.1 Å². The van der Waals surface area contributed by atoms with Crippen LogP contribution in [0.4, 0.5) is 11.4 Å². The lowest BCUT2D eigenvalue weighted by Crippen LogP contribution is -2.26. The number of rotatable bonds is 3. The number of halogens is 1. The van der Waals surface area contributed by atoms with E-state index in [1.165, 1.54) is 6.07 Å². The molecule has 0 aromatic heterocycles. The normalized spacial score (nSPS) is 19.3. The lowest BCUT2D eigenvalue weighted by Gasteiger charge is -2.18. The average Bonchev–Trinajstić information content (AvgIpc) is 2.70. The summed E-state index contributed by atoms with van der Waals surface area (Å²) in [6.45, 7) is 2.33. The first kappa shape index (κ1) is 13.0. The van der Waals surface area contributed by atoms with Crippen molar-refractivity contribution in [2.24, 2.45) is 5.92 Å². The second kappa shape index (κ2) is 5.06. The van der Waals surface area contributed by atoms with E-state index in [9.17, 15) is 14.9 Å². The molecular weight excluding hydrogens is 300 g/mol. The van der Waals surface area contributed by atoms with Crippen LogP contribution in [0.25, 0.3) is 0 Å². The van der Waals surface area contributed by atoms with Gasteiger partial charge in [0.1, 0.15) is 5.69 Å². The van der Waals surface area contributed by atoms with Gasteiger partial charge in [0.2, 0.25) is 5.91 Å². The van der Waals surface area contributed by atoms with Gasteiger partial charge in [-0.2, -0.15) is 0 Å². The number of aryl methyl sites for hydroxylation is 1. The smallest absolute Gasteiger partial charge is 0.293 e. The maximum absolute atomic E-state index is 12.0. The van der Waals surface area contributed by atoms with Gasteiger partial charge in [-0.3, -0.25) is 14.9 Å². The van der Waals surface area contributed by atoms with E-state index in [0.717, 1.165) is 10.9 Å². The maximum Gasteiger partial charge on any atom is 0.293 e. The van der Waals surface area contributed by atoms with Crippen molar-refractivity contribution in [3.8, 4) is 0 Å². The van der Waals surface area contributed by atoms with Crippen LogP contribution in [0.5, 0.6) is 0 Å². The molecule has 1 aromatic rings. The molecule has 6 heteroatoms. The van der Waals surface area contributed by atoms with Crippen LogP contribution in [0.3, 0.4) is 0 Å². The van der Waals surface area contributed by atoms with Gasteiger partial charge >= 0.3 is 0 Å².